The number of aliphatic hydroxyl groups is 1. The number of carbonyl (C=O) groups excluding carboxylic acids is 5. The first-order chi connectivity index (χ1) is 25.6. The molecule has 13 heteroatoms. The number of fused-ring (bicyclic) bond motifs is 1. The molecule has 54 heavy (non-hydrogen) atoms. The number of esters is 5. The quantitative estimate of drug-likeness (QED) is 0.173. The number of carbonyl (C=O) groups is 5. The minimum atomic E-state index is -2.10. The molecule has 13 nitrogen and oxygen atoms in total. The topological polar surface area (TPSA) is 174 Å². The van der Waals surface area contributed by atoms with E-state index in [1.54, 1.807) is 68.5 Å². The Bertz CT molecular complexity index is 1910. The SMILES string of the molecule is CC(=O)OCC12[C@@H](OC(=O)/C=C/c3ccccc3)CC[C@](C)(O)C13OC(C)(C)C(C3OC(C)=O)[C@@H](OC(=O)c1cccnc1)[C@H]2OC(=O)c1ccccc1. The molecule has 0 radical (unpaired) electrons. The molecule has 3 aromatic rings. The van der Waals surface area contributed by atoms with Crippen molar-refractivity contribution >= 4 is 35.9 Å². The van der Waals surface area contributed by atoms with Gasteiger partial charge in [0.1, 0.15) is 30.3 Å². The standard InChI is InChI=1S/C41H43NO12/c1-25(43)49-24-40-30(51-31(45)19-18-27-13-8-6-9-14-27)20-21-39(5,48)41(40)34(50-26(2)44)32(38(3,4)54-41)33(52-37(47)29-17-12-22-42-23-29)35(40)53-36(46)28-15-10-7-11-16-28/h6-19,22-23,30,32-35,48H,20-21,24H2,1-5H3/b19-18+/t30-,32?,33+,34?,35+,39-,40?,41?/m0/s1. The van der Waals surface area contributed by atoms with Gasteiger partial charge in [0.25, 0.3) is 0 Å². The molecule has 3 fully saturated rings. The normalized spacial score (nSPS) is 30.7. The van der Waals surface area contributed by atoms with Crippen molar-refractivity contribution in [1.82, 2.24) is 4.98 Å². The summed E-state index contributed by atoms with van der Waals surface area (Å²) in [6.45, 7) is 6.47. The predicted octanol–water partition coefficient (Wildman–Crippen LogP) is 4.66. The van der Waals surface area contributed by atoms with Crippen LogP contribution in [0.2, 0.25) is 0 Å². The van der Waals surface area contributed by atoms with Crippen LogP contribution in [0.5, 0.6) is 0 Å². The zero-order chi connectivity index (χ0) is 38.9. The van der Waals surface area contributed by atoms with Crippen molar-refractivity contribution < 1.29 is 57.5 Å². The summed E-state index contributed by atoms with van der Waals surface area (Å²) >= 11 is 0. The van der Waals surface area contributed by atoms with Gasteiger partial charge in [0.05, 0.1) is 28.2 Å². The lowest BCUT2D eigenvalue weighted by Crippen LogP contribution is -2.83. The summed E-state index contributed by atoms with van der Waals surface area (Å²) in [4.78, 5) is 71.8. The number of benzene rings is 2. The van der Waals surface area contributed by atoms with Gasteiger partial charge in [-0.1, -0.05) is 48.5 Å². The molecular formula is C41H43NO12. The third kappa shape index (κ3) is 6.77. The van der Waals surface area contributed by atoms with E-state index in [1.165, 1.54) is 50.5 Å². The lowest BCUT2D eigenvalue weighted by Gasteiger charge is -2.65. The molecule has 1 N–H and O–H groups in total. The maximum absolute atomic E-state index is 14.2. The van der Waals surface area contributed by atoms with E-state index in [4.69, 9.17) is 28.4 Å². The van der Waals surface area contributed by atoms with E-state index >= 15 is 0 Å². The lowest BCUT2D eigenvalue weighted by atomic mass is 9.46. The highest BCUT2D eigenvalue weighted by molar-refractivity contribution is 5.90. The zero-order valence-electron chi connectivity index (χ0n) is 30.6. The molecule has 2 bridgehead atoms. The molecule has 3 aliphatic rings. The summed E-state index contributed by atoms with van der Waals surface area (Å²) in [7, 11) is 0. The molecular weight excluding hydrogens is 698 g/mol. The van der Waals surface area contributed by atoms with Crippen LogP contribution >= 0.6 is 0 Å². The zero-order valence-corrected chi connectivity index (χ0v) is 30.6. The Balaban J connectivity index is 1.61. The van der Waals surface area contributed by atoms with Crippen LogP contribution in [-0.4, -0.2) is 87.8 Å². The molecule has 6 rings (SSSR count). The molecule has 4 unspecified atom stereocenters. The fraction of sp³-hybridized carbons (Fsp3) is 0.415. The summed E-state index contributed by atoms with van der Waals surface area (Å²) in [5.41, 5.74) is -6.59. The van der Waals surface area contributed by atoms with Crippen molar-refractivity contribution in [3.05, 3.63) is 108 Å². The van der Waals surface area contributed by atoms with Gasteiger partial charge in [-0.25, -0.2) is 14.4 Å². The maximum atomic E-state index is 14.2. The fourth-order valence-corrected chi connectivity index (χ4v) is 8.63. The first kappa shape index (κ1) is 38.3. The van der Waals surface area contributed by atoms with Gasteiger partial charge >= 0.3 is 29.8 Å². The first-order valence-electron chi connectivity index (χ1n) is 17.7. The highest BCUT2D eigenvalue weighted by Gasteiger charge is 2.87. The van der Waals surface area contributed by atoms with Crippen molar-refractivity contribution in [2.45, 2.75) is 88.7 Å². The van der Waals surface area contributed by atoms with E-state index in [9.17, 15) is 29.1 Å². The van der Waals surface area contributed by atoms with Crippen molar-refractivity contribution in [2.24, 2.45) is 11.3 Å². The van der Waals surface area contributed by atoms with Crippen LogP contribution < -0.4 is 0 Å². The summed E-state index contributed by atoms with van der Waals surface area (Å²) in [5.74, 6) is -5.16. The van der Waals surface area contributed by atoms with Crippen molar-refractivity contribution in [3.8, 4) is 0 Å². The molecule has 8 atom stereocenters. The summed E-state index contributed by atoms with van der Waals surface area (Å²) in [5, 5.41) is 12.6. The molecule has 1 aliphatic heterocycles. The largest absolute Gasteiger partial charge is 0.465 e. The maximum Gasteiger partial charge on any atom is 0.340 e. The smallest absolute Gasteiger partial charge is 0.340 e. The third-order valence-electron chi connectivity index (χ3n) is 10.7. The Kier molecular flexibility index (Phi) is 10.5. The number of hydrogen-bond donors (Lipinski definition) is 1. The number of ether oxygens (including phenoxy) is 6. The van der Waals surface area contributed by atoms with E-state index in [1.807, 2.05) is 6.07 Å². The number of pyridine rings is 1. The molecule has 284 valence electrons. The van der Waals surface area contributed by atoms with Gasteiger partial charge in [-0.15, -0.1) is 0 Å². The van der Waals surface area contributed by atoms with Gasteiger partial charge in [0.15, 0.2) is 11.7 Å². The Morgan fingerprint density at radius 2 is 1.46 bits per heavy atom. The summed E-state index contributed by atoms with van der Waals surface area (Å²) in [6, 6.07) is 20.1. The van der Waals surface area contributed by atoms with E-state index < -0.39 is 89.0 Å². The second kappa shape index (κ2) is 14.8. The van der Waals surface area contributed by atoms with Crippen molar-refractivity contribution in [1.29, 1.82) is 0 Å². The average molecular weight is 742 g/mol. The number of aromatic nitrogens is 1. The third-order valence-corrected chi connectivity index (χ3v) is 10.7. The highest BCUT2D eigenvalue weighted by atomic mass is 16.6. The molecule has 2 aromatic carbocycles. The molecule has 2 saturated carbocycles. The fourth-order valence-electron chi connectivity index (χ4n) is 8.63. The molecule has 1 spiro atoms. The number of hydrogen-bond acceptors (Lipinski definition) is 13. The van der Waals surface area contributed by atoms with E-state index in [-0.39, 0.29) is 24.0 Å². The molecule has 1 saturated heterocycles. The highest BCUT2D eigenvalue weighted by Crippen LogP contribution is 2.69. The monoisotopic (exact) mass is 741 g/mol. The second-order valence-corrected chi connectivity index (χ2v) is 14.6. The lowest BCUT2D eigenvalue weighted by molar-refractivity contribution is -0.348. The Hall–Kier alpha value is -5.40. The Morgan fingerprint density at radius 3 is 2.09 bits per heavy atom. The van der Waals surface area contributed by atoms with E-state index in [0.717, 1.165) is 6.92 Å². The van der Waals surface area contributed by atoms with Gasteiger partial charge in [0, 0.05) is 32.3 Å². The van der Waals surface area contributed by atoms with Crippen LogP contribution in [0.3, 0.4) is 0 Å². The van der Waals surface area contributed by atoms with Crippen molar-refractivity contribution in [2.75, 3.05) is 6.61 Å². The van der Waals surface area contributed by atoms with Gasteiger partial charge < -0.3 is 33.5 Å². The first-order valence-corrected chi connectivity index (χ1v) is 17.7. The van der Waals surface area contributed by atoms with Crippen LogP contribution in [0.1, 0.15) is 73.7 Å². The van der Waals surface area contributed by atoms with Crippen molar-refractivity contribution in [3.63, 3.8) is 0 Å². The summed E-state index contributed by atoms with van der Waals surface area (Å²) < 4.78 is 37.8. The molecule has 2 heterocycles. The Morgan fingerprint density at radius 1 is 0.815 bits per heavy atom. The summed E-state index contributed by atoms with van der Waals surface area (Å²) in [6.07, 6.45) is -0.518. The van der Waals surface area contributed by atoms with E-state index in [2.05, 4.69) is 4.98 Å². The molecule has 0 amide bonds. The second-order valence-electron chi connectivity index (χ2n) is 14.6. The molecule has 2 aliphatic carbocycles. The van der Waals surface area contributed by atoms with Gasteiger partial charge in [-0.3, -0.25) is 14.6 Å². The van der Waals surface area contributed by atoms with Crippen LogP contribution in [0.4, 0.5) is 0 Å². The van der Waals surface area contributed by atoms with E-state index in [0.29, 0.717) is 5.56 Å². The number of rotatable bonds is 10. The minimum Gasteiger partial charge on any atom is -0.465 e. The van der Waals surface area contributed by atoms with Crippen LogP contribution in [0.15, 0.2) is 91.3 Å². The van der Waals surface area contributed by atoms with Gasteiger partial charge in [-0.05, 0) is 69.5 Å². The van der Waals surface area contributed by atoms with Gasteiger partial charge in [-0.2, -0.15) is 0 Å². The predicted molar refractivity (Wildman–Crippen MR) is 190 cm³/mol. The number of nitrogens with zero attached hydrogens (tertiary/aromatic N) is 1. The minimum absolute atomic E-state index is 0.0573. The van der Waals surface area contributed by atoms with Crippen LogP contribution in [0.25, 0.3) is 6.08 Å². The molecule has 1 aromatic heterocycles. The van der Waals surface area contributed by atoms with Gasteiger partial charge in [0.2, 0.25) is 0 Å². The average Bonchev–Trinajstić information content (AvgIpc) is 3.34. The van der Waals surface area contributed by atoms with Crippen LogP contribution in [-0.2, 0) is 42.8 Å². The van der Waals surface area contributed by atoms with Crippen LogP contribution in [0, 0.1) is 11.3 Å². The Labute approximate surface area is 312 Å².